The largest absolute Gasteiger partial charge is 0.355 e. The van der Waals surface area contributed by atoms with E-state index in [1.807, 2.05) is 17.8 Å². The van der Waals surface area contributed by atoms with Crippen molar-refractivity contribution in [3.05, 3.63) is 18.2 Å². The Hall–Kier alpha value is -1.52. The number of nitrogens with one attached hydrogen (secondary N) is 2. The van der Waals surface area contributed by atoms with Crippen molar-refractivity contribution >= 4 is 5.96 Å². The van der Waals surface area contributed by atoms with Crippen LogP contribution >= 0.6 is 0 Å². The second-order valence-electron chi connectivity index (χ2n) is 2.97. The summed E-state index contributed by atoms with van der Waals surface area (Å²) in [5.41, 5.74) is 0. The molecule has 1 aliphatic rings. The predicted molar refractivity (Wildman–Crippen MR) is 50.4 cm³/mol. The van der Waals surface area contributed by atoms with Crippen molar-refractivity contribution in [2.75, 3.05) is 13.1 Å². The summed E-state index contributed by atoms with van der Waals surface area (Å²) in [7, 11) is 1.98. The van der Waals surface area contributed by atoms with Gasteiger partial charge in [-0.05, 0) is 0 Å². The van der Waals surface area contributed by atoms with Gasteiger partial charge in [-0.15, -0.1) is 0 Å². The van der Waals surface area contributed by atoms with Crippen LogP contribution in [0.4, 0.5) is 0 Å². The highest BCUT2D eigenvalue weighted by molar-refractivity contribution is 5.81. The molecule has 13 heavy (non-hydrogen) atoms. The Bertz CT molecular complexity index is 314. The molecule has 2 heterocycles. The lowest BCUT2D eigenvalue weighted by atomic mass is 10.6. The first-order chi connectivity index (χ1) is 6.36. The molecule has 5 nitrogen and oxygen atoms in total. The molecule has 0 atom stereocenters. The normalized spacial score (nSPS) is 15.3. The van der Waals surface area contributed by atoms with Gasteiger partial charge in [0.05, 0.1) is 13.1 Å². The Balaban J connectivity index is 1.89. The highest BCUT2D eigenvalue weighted by Crippen LogP contribution is 1.93. The van der Waals surface area contributed by atoms with Gasteiger partial charge in [-0.1, -0.05) is 0 Å². The molecule has 2 rings (SSSR count). The number of aromatic nitrogens is 2. The third kappa shape index (κ3) is 1.80. The van der Waals surface area contributed by atoms with E-state index in [1.54, 1.807) is 6.20 Å². The second kappa shape index (κ2) is 3.47. The molecule has 1 aliphatic heterocycles. The van der Waals surface area contributed by atoms with Gasteiger partial charge < -0.3 is 15.2 Å². The number of nitrogens with zero attached hydrogens (tertiary/aromatic N) is 3. The monoisotopic (exact) mass is 179 g/mol. The lowest BCUT2D eigenvalue weighted by Crippen LogP contribution is -2.33. The summed E-state index contributed by atoms with van der Waals surface area (Å²) in [5.74, 6) is 1.89. The lowest BCUT2D eigenvalue weighted by Gasteiger charge is -2.05. The number of hydrogen-bond donors (Lipinski definition) is 2. The third-order valence-corrected chi connectivity index (χ3v) is 2.01. The van der Waals surface area contributed by atoms with Gasteiger partial charge in [0.2, 0.25) is 0 Å². The lowest BCUT2D eigenvalue weighted by molar-refractivity contribution is 0.741. The van der Waals surface area contributed by atoms with E-state index in [4.69, 9.17) is 0 Å². The van der Waals surface area contributed by atoms with Crippen LogP contribution in [0.25, 0.3) is 0 Å². The molecule has 0 saturated carbocycles. The summed E-state index contributed by atoms with van der Waals surface area (Å²) in [6, 6.07) is 0. The molecule has 0 aromatic carbocycles. The fraction of sp³-hybridized carbons (Fsp3) is 0.500. The van der Waals surface area contributed by atoms with Gasteiger partial charge in [0.15, 0.2) is 5.96 Å². The van der Waals surface area contributed by atoms with Crippen molar-refractivity contribution in [1.82, 2.24) is 20.2 Å². The van der Waals surface area contributed by atoms with Crippen LogP contribution in [0.1, 0.15) is 5.82 Å². The van der Waals surface area contributed by atoms with Crippen LogP contribution < -0.4 is 10.6 Å². The van der Waals surface area contributed by atoms with E-state index in [0.29, 0.717) is 0 Å². The number of imidazole rings is 1. The second-order valence-corrected chi connectivity index (χ2v) is 2.97. The quantitative estimate of drug-likeness (QED) is 0.641. The average molecular weight is 179 g/mol. The minimum atomic E-state index is 0.718. The molecule has 0 spiro atoms. The van der Waals surface area contributed by atoms with E-state index in [-0.39, 0.29) is 0 Å². The highest BCUT2D eigenvalue weighted by Gasteiger charge is 2.04. The van der Waals surface area contributed by atoms with E-state index in [1.165, 1.54) is 0 Å². The summed E-state index contributed by atoms with van der Waals surface area (Å²) in [6.45, 7) is 2.52. The van der Waals surface area contributed by atoms with Crippen molar-refractivity contribution in [3.63, 3.8) is 0 Å². The molecule has 0 radical (unpaired) electrons. The van der Waals surface area contributed by atoms with Crippen LogP contribution in [0, 0.1) is 0 Å². The van der Waals surface area contributed by atoms with Crippen molar-refractivity contribution in [3.8, 4) is 0 Å². The minimum absolute atomic E-state index is 0.718. The molecule has 1 aromatic heterocycles. The molecule has 0 bridgehead atoms. The molecule has 1 aromatic rings. The van der Waals surface area contributed by atoms with Gasteiger partial charge in [-0.2, -0.15) is 0 Å². The smallest absolute Gasteiger partial charge is 0.191 e. The summed E-state index contributed by atoms with van der Waals surface area (Å²) in [5, 5.41) is 6.32. The number of aryl methyl sites for hydroxylation is 1. The van der Waals surface area contributed by atoms with E-state index in [9.17, 15) is 0 Å². The first kappa shape index (κ1) is 8.10. The third-order valence-electron chi connectivity index (χ3n) is 2.01. The highest BCUT2D eigenvalue weighted by atomic mass is 15.2. The summed E-state index contributed by atoms with van der Waals surface area (Å²) in [6.07, 6.45) is 3.72. The average Bonchev–Trinajstić information content (AvgIpc) is 2.72. The zero-order valence-corrected chi connectivity index (χ0v) is 7.62. The van der Waals surface area contributed by atoms with Crippen LogP contribution in [0.3, 0.4) is 0 Å². The van der Waals surface area contributed by atoms with E-state index in [0.717, 1.165) is 31.4 Å². The molecule has 0 fully saturated rings. The van der Waals surface area contributed by atoms with Crippen molar-refractivity contribution < 1.29 is 0 Å². The number of hydrogen-bond acceptors (Lipinski definition) is 4. The molecule has 5 heteroatoms. The number of guanidine groups is 1. The number of rotatable bonds is 2. The summed E-state index contributed by atoms with van der Waals surface area (Å²) < 4.78 is 1.99. The van der Waals surface area contributed by atoms with Crippen molar-refractivity contribution in [2.45, 2.75) is 6.54 Å². The zero-order valence-electron chi connectivity index (χ0n) is 7.62. The van der Waals surface area contributed by atoms with Crippen LogP contribution in [0.15, 0.2) is 17.4 Å². The molecule has 0 aliphatic carbocycles. The van der Waals surface area contributed by atoms with Gasteiger partial charge in [0.25, 0.3) is 0 Å². The molecule has 70 valence electrons. The molecular weight excluding hydrogens is 166 g/mol. The van der Waals surface area contributed by atoms with E-state index < -0.39 is 0 Å². The molecule has 0 amide bonds. The minimum Gasteiger partial charge on any atom is -0.355 e. The molecule has 2 N–H and O–H groups in total. The van der Waals surface area contributed by atoms with Crippen LogP contribution in [-0.2, 0) is 13.6 Å². The maximum atomic E-state index is 4.22. The van der Waals surface area contributed by atoms with Gasteiger partial charge in [0, 0.05) is 26.0 Å². The van der Waals surface area contributed by atoms with Crippen LogP contribution in [-0.4, -0.2) is 28.6 Å². The van der Waals surface area contributed by atoms with Gasteiger partial charge in [0.1, 0.15) is 5.82 Å². The number of aliphatic imine (C=N–C) groups is 1. The van der Waals surface area contributed by atoms with Gasteiger partial charge in [-0.3, -0.25) is 4.99 Å². The molecule has 0 unspecified atom stereocenters. The fourth-order valence-electron chi connectivity index (χ4n) is 1.25. The fourth-order valence-corrected chi connectivity index (χ4v) is 1.25. The SMILES string of the molecule is Cn1ccnc1CNC1=NCCN1. The van der Waals surface area contributed by atoms with E-state index in [2.05, 4.69) is 20.6 Å². The Morgan fingerprint density at radius 3 is 3.23 bits per heavy atom. The van der Waals surface area contributed by atoms with Gasteiger partial charge in [-0.25, -0.2) is 4.98 Å². The van der Waals surface area contributed by atoms with Crippen LogP contribution in [0.5, 0.6) is 0 Å². The van der Waals surface area contributed by atoms with Crippen LogP contribution in [0.2, 0.25) is 0 Å². The van der Waals surface area contributed by atoms with Gasteiger partial charge >= 0.3 is 0 Å². The Morgan fingerprint density at radius 2 is 2.62 bits per heavy atom. The first-order valence-corrected chi connectivity index (χ1v) is 4.34. The predicted octanol–water partition coefficient (Wildman–Crippen LogP) is -0.531. The Morgan fingerprint density at radius 1 is 1.69 bits per heavy atom. The zero-order chi connectivity index (χ0) is 9.10. The maximum Gasteiger partial charge on any atom is 0.191 e. The maximum absolute atomic E-state index is 4.22. The topological polar surface area (TPSA) is 54.2 Å². The Labute approximate surface area is 76.9 Å². The van der Waals surface area contributed by atoms with E-state index >= 15 is 0 Å². The summed E-state index contributed by atoms with van der Waals surface area (Å²) in [4.78, 5) is 8.42. The van der Waals surface area contributed by atoms with Crippen molar-refractivity contribution in [1.29, 1.82) is 0 Å². The first-order valence-electron chi connectivity index (χ1n) is 4.34. The van der Waals surface area contributed by atoms with Crippen molar-refractivity contribution in [2.24, 2.45) is 12.0 Å². The molecular formula is C8H13N5. The summed E-state index contributed by atoms with van der Waals surface area (Å²) >= 11 is 0. The molecule has 0 saturated heterocycles. The Kier molecular flexibility index (Phi) is 2.16. The standard InChI is InChI=1S/C8H13N5/c1-13-5-4-9-7(13)6-12-8-10-2-3-11-8/h4-5H,2-3,6H2,1H3,(H2,10,11,12).